The molecule has 4 rings (SSSR count). The molecule has 0 atom stereocenters. The number of fused-ring (bicyclic) bond motifs is 1. The van der Waals surface area contributed by atoms with Gasteiger partial charge < -0.3 is 20.1 Å². The second-order valence-corrected chi connectivity index (χ2v) is 10.1. The Morgan fingerprint density at radius 1 is 0.816 bits per heavy atom. The molecule has 0 saturated carbocycles. The van der Waals surface area contributed by atoms with Crippen molar-refractivity contribution in [3.8, 4) is 11.5 Å². The number of urea groups is 1. The molecule has 38 heavy (non-hydrogen) atoms. The third-order valence-corrected chi connectivity index (χ3v) is 6.40. The van der Waals surface area contributed by atoms with Crippen molar-refractivity contribution in [3.05, 3.63) is 94.5 Å². The number of imide groups is 1. The lowest BCUT2D eigenvalue weighted by Gasteiger charge is -2.19. The number of carbonyl (C=O) groups excluding carboxylic acids is 3. The Hall–Kier alpha value is -4.33. The van der Waals surface area contributed by atoms with Crippen molar-refractivity contribution in [2.24, 2.45) is 0 Å². The highest BCUT2D eigenvalue weighted by Gasteiger charge is 2.34. The van der Waals surface area contributed by atoms with E-state index in [-0.39, 0.29) is 36.4 Å². The number of hydrogen-bond donors (Lipinski definition) is 2. The van der Waals surface area contributed by atoms with Gasteiger partial charge in [-0.1, -0.05) is 63.2 Å². The third kappa shape index (κ3) is 6.14. The van der Waals surface area contributed by atoms with Crippen molar-refractivity contribution >= 4 is 17.8 Å². The van der Waals surface area contributed by atoms with E-state index in [1.54, 1.807) is 36.4 Å². The second kappa shape index (κ2) is 11.4. The van der Waals surface area contributed by atoms with E-state index in [1.165, 1.54) is 17.6 Å². The van der Waals surface area contributed by atoms with Gasteiger partial charge in [0, 0.05) is 13.1 Å². The molecule has 2 N–H and O–H groups in total. The van der Waals surface area contributed by atoms with Gasteiger partial charge in [0.25, 0.3) is 11.8 Å². The molecular weight excluding hydrogens is 482 g/mol. The maximum atomic E-state index is 12.5. The Morgan fingerprint density at radius 2 is 1.39 bits per heavy atom. The molecule has 0 aromatic heterocycles. The summed E-state index contributed by atoms with van der Waals surface area (Å²) < 4.78 is 11.3. The van der Waals surface area contributed by atoms with Crippen molar-refractivity contribution in [2.75, 3.05) is 20.3 Å². The van der Waals surface area contributed by atoms with Gasteiger partial charge in [-0.15, -0.1) is 0 Å². The van der Waals surface area contributed by atoms with Gasteiger partial charge in [0.15, 0.2) is 11.5 Å². The van der Waals surface area contributed by atoms with Crippen LogP contribution in [0.1, 0.15) is 58.2 Å². The molecule has 8 heteroatoms. The van der Waals surface area contributed by atoms with Crippen LogP contribution >= 0.6 is 0 Å². The lowest BCUT2D eigenvalue weighted by Crippen LogP contribution is -2.34. The minimum atomic E-state index is -0.317. The number of hydrogen-bond acceptors (Lipinski definition) is 5. The molecule has 4 amide bonds. The van der Waals surface area contributed by atoms with Gasteiger partial charge >= 0.3 is 6.03 Å². The summed E-state index contributed by atoms with van der Waals surface area (Å²) in [5, 5.41) is 5.72. The number of carbonyl (C=O) groups is 3. The fourth-order valence-corrected chi connectivity index (χ4v) is 4.18. The summed E-state index contributed by atoms with van der Waals surface area (Å²) in [6.45, 7) is 7.48. The Balaban J connectivity index is 1.25. The van der Waals surface area contributed by atoms with E-state index in [0.29, 0.717) is 35.7 Å². The number of nitrogens with zero attached hydrogens (tertiary/aromatic N) is 1. The number of rotatable bonds is 9. The Labute approximate surface area is 222 Å². The maximum Gasteiger partial charge on any atom is 0.315 e. The van der Waals surface area contributed by atoms with E-state index in [2.05, 4.69) is 43.5 Å². The minimum absolute atomic E-state index is 0.0869. The Bertz CT molecular complexity index is 1290. The van der Waals surface area contributed by atoms with Gasteiger partial charge in [-0.2, -0.15) is 0 Å². The van der Waals surface area contributed by atoms with Crippen LogP contribution in [0, 0.1) is 0 Å². The first-order valence-corrected chi connectivity index (χ1v) is 12.5. The van der Waals surface area contributed by atoms with E-state index >= 15 is 0 Å². The quantitative estimate of drug-likeness (QED) is 0.404. The molecule has 0 aliphatic carbocycles. The summed E-state index contributed by atoms with van der Waals surface area (Å²) in [4.78, 5) is 38.5. The first-order chi connectivity index (χ1) is 18.2. The summed E-state index contributed by atoms with van der Waals surface area (Å²) in [5.74, 6) is 0.340. The van der Waals surface area contributed by atoms with E-state index in [4.69, 9.17) is 9.47 Å². The van der Waals surface area contributed by atoms with Crippen LogP contribution in [0.25, 0.3) is 0 Å². The van der Waals surface area contributed by atoms with Crippen molar-refractivity contribution in [2.45, 2.75) is 39.3 Å². The third-order valence-electron chi connectivity index (χ3n) is 6.40. The minimum Gasteiger partial charge on any atom is -0.493 e. The summed E-state index contributed by atoms with van der Waals surface area (Å²) in [5.41, 5.74) is 4.01. The highest BCUT2D eigenvalue weighted by molar-refractivity contribution is 6.21. The van der Waals surface area contributed by atoms with E-state index < -0.39 is 0 Å². The molecule has 8 nitrogen and oxygen atoms in total. The first kappa shape index (κ1) is 26.7. The van der Waals surface area contributed by atoms with Crippen LogP contribution in [-0.4, -0.2) is 43.0 Å². The molecule has 0 saturated heterocycles. The average molecular weight is 516 g/mol. The summed E-state index contributed by atoms with van der Waals surface area (Å²) in [6, 6.07) is 20.1. The highest BCUT2D eigenvalue weighted by Crippen LogP contribution is 2.29. The molecule has 1 aliphatic heterocycles. The molecule has 0 unspecified atom stereocenters. The van der Waals surface area contributed by atoms with Crippen LogP contribution in [0.4, 0.5) is 4.79 Å². The largest absolute Gasteiger partial charge is 0.493 e. The summed E-state index contributed by atoms with van der Waals surface area (Å²) in [7, 11) is 1.53. The Kier molecular flexibility index (Phi) is 8.00. The van der Waals surface area contributed by atoms with Crippen molar-refractivity contribution in [3.63, 3.8) is 0 Å². The molecule has 1 aliphatic rings. The van der Waals surface area contributed by atoms with Gasteiger partial charge in [-0.05, 0) is 46.4 Å². The van der Waals surface area contributed by atoms with Crippen molar-refractivity contribution in [1.29, 1.82) is 0 Å². The van der Waals surface area contributed by atoms with E-state index in [1.807, 2.05) is 18.2 Å². The summed E-state index contributed by atoms with van der Waals surface area (Å²) in [6.07, 6.45) is 0. The van der Waals surface area contributed by atoms with Crippen LogP contribution in [0.3, 0.4) is 0 Å². The SMILES string of the molecule is COc1cc(CNC(=O)NCc2ccc(C(C)(C)C)cc2)ccc1OCCN1C(=O)c2ccccc2C1=O. The number of benzene rings is 3. The lowest BCUT2D eigenvalue weighted by atomic mass is 9.87. The van der Waals surface area contributed by atoms with Gasteiger partial charge in [0.1, 0.15) is 6.61 Å². The second-order valence-electron chi connectivity index (χ2n) is 10.1. The number of nitrogens with one attached hydrogen (secondary N) is 2. The standard InChI is InChI=1S/C30H33N3O5/c1-30(2,3)22-12-9-20(10-13-22)18-31-29(36)32-19-21-11-14-25(26(17-21)37-4)38-16-15-33-27(34)23-7-5-6-8-24(23)28(33)35/h5-14,17H,15-16,18-19H2,1-4H3,(H2,31,32,36). The van der Waals surface area contributed by atoms with Crippen LogP contribution in [0.15, 0.2) is 66.7 Å². The molecule has 1 heterocycles. The molecule has 3 aromatic carbocycles. The first-order valence-electron chi connectivity index (χ1n) is 12.5. The molecule has 0 radical (unpaired) electrons. The zero-order chi connectivity index (χ0) is 27.3. The van der Waals surface area contributed by atoms with Crippen LogP contribution in [0.2, 0.25) is 0 Å². The van der Waals surface area contributed by atoms with Gasteiger partial charge in [0.2, 0.25) is 0 Å². The van der Waals surface area contributed by atoms with Crippen molar-refractivity contribution in [1.82, 2.24) is 15.5 Å². The van der Waals surface area contributed by atoms with Crippen LogP contribution in [-0.2, 0) is 18.5 Å². The molecule has 3 aromatic rings. The van der Waals surface area contributed by atoms with E-state index in [9.17, 15) is 14.4 Å². The fourth-order valence-electron chi connectivity index (χ4n) is 4.18. The fraction of sp³-hybridized carbons (Fsp3) is 0.300. The monoisotopic (exact) mass is 515 g/mol. The number of amides is 4. The molecule has 0 bridgehead atoms. The number of ether oxygens (including phenoxy) is 2. The molecular formula is C30H33N3O5. The average Bonchev–Trinajstić information content (AvgIpc) is 3.15. The zero-order valence-electron chi connectivity index (χ0n) is 22.2. The smallest absolute Gasteiger partial charge is 0.315 e. The van der Waals surface area contributed by atoms with Crippen LogP contribution < -0.4 is 20.1 Å². The molecule has 198 valence electrons. The number of methoxy groups -OCH3 is 1. The lowest BCUT2D eigenvalue weighted by molar-refractivity contribution is 0.0630. The Morgan fingerprint density at radius 3 is 1.97 bits per heavy atom. The topological polar surface area (TPSA) is 97.0 Å². The maximum absolute atomic E-state index is 12.5. The summed E-state index contributed by atoms with van der Waals surface area (Å²) >= 11 is 0. The van der Waals surface area contributed by atoms with Crippen LogP contribution in [0.5, 0.6) is 11.5 Å². The predicted octanol–water partition coefficient (Wildman–Crippen LogP) is 4.67. The van der Waals surface area contributed by atoms with Gasteiger partial charge in [-0.25, -0.2) is 4.79 Å². The van der Waals surface area contributed by atoms with Gasteiger partial charge in [-0.3, -0.25) is 14.5 Å². The normalized spacial score (nSPS) is 12.8. The van der Waals surface area contributed by atoms with Gasteiger partial charge in [0.05, 0.1) is 24.8 Å². The zero-order valence-corrected chi connectivity index (χ0v) is 22.2. The predicted molar refractivity (Wildman–Crippen MR) is 145 cm³/mol. The molecule has 0 spiro atoms. The molecule has 0 fully saturated rings. The highest BCUT2D eigenvalue weighted by atomic mass is 16.5. The van der Waals surface area contributed by atoms with E-state index in [0.717, 1.165) is 11.1 Å². The van der Waals surface area contributed by atoms with Crippen molar-refractivity contribution < 1.29 is 23.9 Å².